The number of hydrogen-bond donors (Lipinski definition) is 1. The number of nitrogens with zero attached hydrogens (tertiary/aromatic N) is 2. The first-order valence-electron chi connectivity index (χ1n) is 5.34. The molecule has 94 valence electrons. The van der Waals surface area contributed by atoms with Gasteiger partial charge in [-0.1, -0.05) is 6.08 Å². The highest BCUT2D eigenvalue weighted by Gasteiger charge is 2.07. The van der Waals surface area contributed by atoms with Crippen LogP contribution in [0.2, 0.25) is 0 Å². The van der Waals surface area contributed by atoms with Crippen LogP contribution in [0, 0.1) is 0 Å². The van der Waals surface area contributed by atoms with Crippen molar-refractivity contribution in [3.05, 3.63) is 57.8 Å². The van der Waals surface area contributed by atoms with Crippen molar-refractivity contribution in [2.75, 3.05) is 5.32 Å². The molecule has 0 unspecified atom stereocenters. The lowest BCUT2D eigenvalue weighted by molar-refractivity contribution is 0.564. The lowest BCUT2D eigenvalue weighted by Gasteiger charge is -2.08. The molecular weight excluding hydrogens is 298 g/mol. The van der Waals surface area contributed by atoms with E-state index in [2.05, 4.69) is 32.9 Å². The average Bonchev–Trinajstić information content (AvgIpc) is 2.87. The Bertz CT molecular complexity index is 590. The van der Waals surface area contributed by atoms with Gasteiger partial charge in [-0.2, -0.15) is 5.10 Å². The Morgan fingerprint density at radius 1 is 1.61 bits per heavy atom. The van der Waals surface area contributed by atoms with Gasteiger partial charge >= 0.3 is 0 Å². The molecule has 0 aromatic carbocycles. The summed E-state index contributed by atoms with van der Waals surface area (Å²) in [7, 11) is 0. The maximum Gasteiger partial charge on any atom is 0.283 e. The largest absolute Gasteiger partial charge is 0.472 e. The van der Waals surface area contributed by atoms with E-state index in [0.29, 0.717) is 23.2 Å². The molecule has 0 bridgehead atoms. The fourth-order valence-electron chi connectivity index (χ4n) is 1.43. The number of allylic oxidation sites excluding steroid dienone is 1. The first-order chi connectivity index (χ1) is 8.72. The molecule has 0 radical (unpaired) electrons. The molecule has 0 amide bonds. The van der Waals surface area contributed by atoms with Gasteiger partial charge in [0, 0.05) is 12.1 Å². The number of nitrogens with one attached hydrogen (secondary N) is 1. The van der Waals surface area contributed by atoms with Crippen LogP contribution in [0.15, 0.2) is 51.1 Å². The Morgan fingerprint density at radius 2 is 2.44 bits per heavy atom. The molecule has 5 nitrogen and oxygen atoms in total. The van der Waals surface area contributed by atoms with Crippen LogP contribution >= 0.6 is 15.9 Å². The van der Waals surface area contributed by atoms with E-state index in [0.717, 1.165) is 5.56 Å². The minimum atomic E-state index is -0.188. The molecule has 0 saturated carbocycles. The molecule has 18 heavy (non-hydrogen) atoms. The number of anilines is 1. The van der Waals surface area contributed by atoms with E-state index < -0.39 is 0 Å². The van der Waals surface area contributed by atoms with Crippen molar-refractivity contribution in [3.63, 3.8) is 0 Å². The Hall–Kier alpha value is -1.82. The van der Waals surface area contributed by atoms with Crippen LogP contribution in [0.3, 0.4) is 0 Å². The third-order valence-electron chi connectivity index (χ3n) is 2.35. The monoisotopic (exact) mass is 309 g/mol. The molecule has 2 aromatic heterocycles. The number of aromatic nitrogens is 2. The van der Waals surface area contributed by atoms with Crippen LogP contribution in [0.1, 0.15) is 5.56 Å². The quantitative estimate of drug-likeness (QED) is 0.862. The summed E-state index contributed by atoms with van der Waals surface area (Å²) in [5.41, 5.74) is 1.46. The first-order valence-corrected chi connectivity index (χ1v) is 6.13. The maximum atomic E-state index is 11.9. The second kappa shape index (κ2) is 5.68. The summed E-state index contributed by atoms with van der Waals surface area (Å²) in [6.07, 6.45) is 6.48. The Balaban J connectivity index is 2.16. The average molecular weight is 310 g/mol. The standard InChI is InChI=1S/C12H12BrN3O2/c1-2-4-16-12(17)11(13)10(7-15-16)14-6-9-3-5-18-8-9/h2-3,5,7-8,14H,1,4,6H2. The van der Waals surface area contributed by atoms with Crippen molar-refractivity contribution in [1.82, 2.24) is 9.78 Å². The Kier molecular flexibility index (Phi) is 3.99. The number of furan rings is 1. The summed E-state index contributed by atoms with van der Waals surface area (Å²) >= 11 is 3.27. The van der Waals surface area contributed by atoms with E-state index >= 15 is 0 Å². The zero-order valence-corrected chi connectivity index (χ0v) is 11.2. The van der Waals surface area contributed by atoms with Crippen molar-refractivity contribution < 1.29 is 4.42 Å². The van der Waals surface area contributed by atoms with Gasteiger partial charge in [0.1, 0.15) is 4.47 Å². The van der Waals surface area contributed by atoms with Crippen LogP contribution in [0.5, 0.6) is 0 Å². The fourth-order valence-corrected chi connectivity index (χ4v) is 1.88. The molecular formula is C12H12BrN3O2. The van der Waals surface area contributed by atoms with Crippen molar-refractivity contribution in [3.8, 4) is 0 Å². The van der Waals surface area contributed by atoms with Gasteiger partial charge in [0.15, 0.2) is 0 Å². The zero-order chi connectivity index (χ0) is 13.0. The topological polar surface area (TPSA) is 60.1 Å². The predicted octanol–water partition coefficient (Wildman–Crippen LogP) is 2.40. The summed E-state index contributed by atoms with van der Waals surface area (Å²) in [6.45, 7) is 4.54. The van der Waals surface area contributed by atoms with Gasteiger partial charge in [0.05, 0.1) is 31.0 Å². The van der Waals surface area contributed by atoms with Crippen molar-refractivity contribution in [2.24, 2.45) is 0 Å². The molecule has 0 fully saturated rings. The summed E-state index contributed by atoms with van der Waals surface area (Å²) in [6, 6.07) is 1.85. The number of halogens is 1. The lowest BCUT2D eigenvalue weighted by atomic mass is 10.3. The number of hydrogen-bond acceptors (Lipinski definition) is 4. The lowest BCUT2D eigenvalue weighted by Crippen LogP contribution is -2.23. The summed E-state index contributed by atoms with van der Waals surface area (Å²) < 4.78 is 6.76. The molecule has 1 N–H and O–H groups in total. The normalized spacial score (nSPS) is 10.3. The Morgan fingerprint density at radius 3 is 3.11 bits per heavy atom. The zero-order valence-electron chi connectivity index (χ0n) is 9.60. The third kappa shape index (κ3) is 2.70. The molecule has 2 heterocycles. The molecule has 0 aliphatic rings. The second-order valence-electron chi connectivity index (χ2n) is 3.63. The van der Waals surface area contributed by atoms with Crippen LogP contribution in [0.25, 0.3) is 0 Å². The molecule has 0 aliphatic heterocycles. The molecule has 0 spiro atoms. The van der Waals surface area contributed by atoms with Crippen molar-refractivity contribution in [1.29, 1.82) is 0 Å². The van der Waals surface area contributed by atoms with E-state index in [1.165, 1.54) is 4.68 Å². The highest BCUT2D eigenvalue weighted by Crippen LogP contribution is 2.17. The SMILES string of the molecule is C=CCn1ncc(NCc2ccoc2)c(Br)c1=O. The van der Waals surface area contributed by atoms with E-state index in [-0.39, 0.29) is 5.56 Å². The van der Waals surface area contributed by atoms with Gasteiger partial charge in [-0.3, -0.25) is 4.79 Å². The highest BCUT2D eigenvalue weighted by atomic mass is 79.9. The first kappa shape index (κ1) is 12.6. The molecule has 0 atom stereocenters. The van der Waals surface area contributed by atoms with Crippen molar-refractivity contribution >= 4 is 21.6 Å². The third-order valence-corrected chi connectivity index (χ3v) is 3.12. The maximum absolute atomic E-state index is 11.9. The van der Waals surface area contributed by atoms with E-state index in [1.54, 1.807) is 24.8 Å². The van der Waals surface area contributed by atoms with Crippen LogP contribution in [-0.4, -0.2) is 9.78 Å². The number of rotatable bonds is 5. The minimum Gasteiger partial charge on any atom is -0.472 e. The molecule has 0 saturated heterocycles. The fraction of sp³-hybridized carbons (Fsp3) is 0.167. The van der Waals surface area contributed by atoms with Gasteiger partial charge in [-0.15, -0.1) is 6.58 Å². The van der Waals surface area contributed by atoms with Gasteiger partial charge in [-0.05, 0) is 22.0 Å². The highest BCUT2D eigenvalue weighted by molar-refractivity contribution is 9.10. The summed E-state index contributed by atoms with van der Waals surface area (Å²) in [5.74, 6) is 0. The molecule has 2 aromatic rings. The smallest absolute Gasteiger partial charge is 0.283 e. The van der Waals surface area contributed by atoms with Gasteiger partial charge in [-0.25, -0.2) is 4.68 Å². The van der Waals surface area contributed by atoms with Gasteiger partial charge < -0.3 is 9.73 Å². The van der Waals surface area contributed by atoms with E-state index in [1.807, 2.05) is 6.07 Å². The molecule has 6 heteroatoms. The summed E-state index contributed by atoms with van der Waals surface area (Å²) in [5, 5.41) is 7.16. The Labute approximate surface area is 112 Å². The molecule has 2 rings (SSSR count). The van der Waals surface area contributed by atoms with E-state index in [4.69, 9.17) is 4.42 Å². The predicted molar refractivity (Wildman–Crippen MR) is 72.4 cm³/mol. The van der Waals surface area contributed by atoms with Crippen LogP contribution < -0.4 is 10.9 Å². The minimum absolute atomic E-state index is 0.188. The van der Waals surface area contributed by atoms with Crippen molar-refractivity contribution in [2.45, 2.75) is 13.1 Å². The molecule has 0 aliphatic carbocycles. The van der Waals surface area contributed by atoms with Gasteiger partial charge in [0.2, 0.25) is 0 Å². The second-order valence-corrected chi connectivity index (χ2v) is 4.43. The van der Waals surface area contributed by atoms with Gasteiger partial charge in [0.25, 0.3) is 5.56 Å². The van der Waals surface area contributed by atoms with E-state index in [9.17, 15) is 4.79 Å². The van der Waals surface area contributed by atoms with Crippen LogP contribution in [0.4, 0.5) is 5.69 Å². The van der Waals surface area contributed by atoms with Crippen LogP contribution in [-0.2, 0) is 13.1 Å². The summed E-state index contributed by atoms with van der Waals surface area (Å²) in [4.78, 5) is 11.9.